The second-order valence-corrected chi connectivity index (χ2v) is 7.27. The third kappa shape index (κ3) is 3.06. The molecule has 1 aliphatic carbocycles. The Morgan fingerprint density at radius 1 is 0.815 bits per heavy atom. The Morgan fingerprint density at radius 2 is 1.48 bits per heavy atom. The normalized spacial score (nSPS) is 11.8. The first kappa shape index (κ1) is 17.2. The first-order valence-electron chi connectivity index (χ1n) is 9.30. The number of nitrogens with zero attached hydrogens (tertiary/aromatic N) is 1. The maximum atomic E-state index is 8.76. The van der Waals surface area contributed by atoms with Crippen LogP contribution in [0.2, 0.25) is 0 Å². The molecule has 0 heterocycles. The van der Waals surface area contributed by atoms with Crippen molar-refractivity contribution in [1.82, 2.24) is 0 Å². The highest BCUT2D eigenvalue weighted by atomic mass is 15.2. The van der Waals surface area contributed by atoms with Crippen LogP contribution >= 0.6 is 0 Å². The van der Waals surface area contributed by atoms with E-state index in [0.29, 0.717) is 11.7 Å². The van der Waals surface area contributed by atoms with Crippen molar-refractivity contribution in [3.8, 4) is 11.1 Å². The maximum Gasteiger partial charge on any atom is 0.138 e. The quantitative estimate of drug-likeness (QED) is 0.359. The number of anilines is 1. The SMILES string of the molecule is CC(C)C(=N)N(C(=N)c1ccccc1)c1ccc2c(c1)Cc1ccccc1-2. The lowest BCUT2D eigenvalue weighted by Gasteiger charge is -2.28. The summed E-state index contributed by atoms with van der Waals surface area (Å²) in [5.41, 5.74) is 6.85. The van der Waals surface area contributed by atoms with E-state index in [2.05, 4.69) is 36.4 Å². The van der Waals surface area contributed by atoms with Crippen LogP contribution in [0.1, 0.15) is 30.5 Å². The number of benzene rings is 3. The summed E-state index contributed by atoms with van der Waals surface area (Å²) in [6, 6.07) is 24.5. The first-order valence-corrected chi connectivity index (χ1v) is 9.30. The van der Waals surface area contributed by atoms with Gasteiger partial charge < -0.3 is 0 Å². The number of hydrogen-bond acceptors (Lipinski definition) is 2. The Labute approximate surface area is 160 Å². The summed E-state index contributed by atoms with van der Waals surface area (Å²) in [4.78, 5) is 1.77. The van der Waals surface area contributed by atoms with E-state index in [1.807, 2.05) is 50.2 Å². The highest BCUT2D eigenvalue weighted by molar-refractivity contribution is 6.23. The molecule has 1 aliphatic rings. The minimum Gasteiger partial charge on any atom is -0.288 e. The second kappa shape index (κ2) is 6.84. The van der Waals surface area contributed by atoms with Gasteiger partial charge in [-0.3, -0.25) is 15.7 Å². The third-order valence-corrected chi connectivity index (χ3v) is 5.09. The molecule has 0 amide bonds. The van der Waals surface area contributed by atoms with E-state index in [9.17, 15) is 0 Å². The van der Waals surface area contributed by atoms with Crippen LogP contribution in [0.4, 0.5) is 5.69 Å². The zero-order chi connectivity index (χ0) is 19.0. The smallest absolute Gasteiger partial charge is 0.138 e. The van der Waals surface area contributed by atoms with Gasteiger partial charge in [0.2, 0.25) is 0 Å². The number of amidine groups is 2. The standard InChI is InChI=1S/C24H23N3/c1-16(2)23(25)27(24(26)17-8-4-3-5-9-17)20-12-13-22-19(15-20)14-18-10-6-7-11-21(18)22/h3-13,15-16,25-26H,14H2,1-2H3. The second-order valence-electron chi connectivity index (χ2n) is 7.27. The van der Waals surface area contributed by atoms with Gasteiger partial charge >= 0.3 is 0 Å². The Bertz CT molecular complexity index is 1020. The zero-order valence-corrected chi connectivity index (χ0v) is 15.7. The number of rotatable bonds is 3. The van der Waals surface area contributed by atoms with Crippen LogP contribution in [0.15, 0.2) is 72.8 Å². The van der Waals surface area contributed by atoms with E-state index < -0.39 is 0 Å². The molecule has 3 heteroatoms. The van der Waals surface area contributed by atoms with Gasteiger partial charge in [-0.05, 0) is 40.8 Å². The first-order chi connectivity index (χ1) is 13.1. The van der Waals surface area contributed by atoms with Crippen LogP contribution in [0.5, 0.6) is 0 Å². The van der Waals surface area contributed by atoms with Crippen molar-refractivity contribution in [2.75, 3.05) is 4.90 Å². The van der Waals surface area contributed by atoms with Crippen molar-refractivity contribution in [3.63, 3.8) is 0 Å². The molecular formula is C24H23N3. The molecule has 0 spiro atoms. The monoisotopic (exact) mass is 353 g/mol. The molecule has 3 aromatic carbocycles. The van der Waals surface area contributed by atoms with Crippen molar-refractivity contribution in [3.05, 3.63) is 89.5 Å². The summed E-state index contributed by atoms with van der Waals surface area (Å²) in [6.45, 7) is 3.99. The molecule has 2 N–H and O–H groups in total. The van der Waals surface area contributed by atoms with Crippen molar-refractivity contribution in [2.24, 2.45) is 5.92 Å². The lowest BCUT2D eigenvalue weighted by molar-refractivity contribution is 0.859. The fourth-order valence-corrected chi connectivity index (χ4v) is 3.64. The van der Waals surface area contributed by atoms with Crippen molar-refractivity contribution < 1.29 is 0 Å². The molecule has 0 unspecified atom stereocenters. The van der Waals surface area contributed by atoms with Gasteiger partial charge in [0.1, 0.15) is 11.7 Å². The Kier molecular flexibility index (Phi) is 4.36. The van der Waals surface area contributed by atoms with E-state index in [0.717, 1.165) is 17.7 Å². The predicted molar refractivity (Wildman–Crippen MR) is 113 cm³/mol. The summed E-state index contributed by atoms with van der Waals surface area (Å²) in [5.74, 6) is 0.795. The van der Waals surface area contributed by atoms with E-state index >= 15 is 0 Å². The van der Waals surface area contributed by atoms with E-state index in [1.54, 1.807) is 4.90 Å². The Balaban J connectivity index is 1.77. The molecule has 3 aromatic rings. The molecule has 4 rings (SSSR count). The van der Waals surface area contributed by atoms with Gasteiger partial charge in [-0.1, -0.05) is 74.5 Å². The van der Waals surface area contributed by atoms with Crippen molar-refractivity contribution in [2.45, 2.75) is 20.3 Å². The van der Waals surface area contributed by atoms with Crippen LogP contribution in [0.3, 0.4) is 0 Å². The average Bonchev–Trinajstić information content (AvgIpc) is 3.06. The van der Waals surface area contributed by atoms with Gasteiger partial charge in [-0.2, -0.15) is 0 Å². The largest absolute Gasteiger partial charge is 0.288 e. The van der Waals surface area contributed by atoms with Gasteiger partial charge in [-0.25, -0.2) is 0 Å². The van der Waals surface area contributed by atoms with Gasteiger partial charge in [-0.15, -0.1) is 0 Å². The van der Waals surface area contributed by atoms with Crippen LogP contribution < -0.4 is 4.90 Å². The summed E-state index contributed by atoms with van der Waals surface area (Å²) in [7, 11) is 0. The topological polar surface area (TPSA) is 50.9 Å². The molecule has 0 fully saturated rings. The zero-order valence-electron chi connectivity index (χ0n) is 15.7. The minimum atomic E-state index is 0.0273. The summed E-state index contributed by atoms with van der Waals surface area (Å²) in [5, 5.41) is 17.4. The molecule has 0 saturated heterocycles. The molecule has 0 bridgehead atoms. The van der Waals surface area contributed by atoms with Crippen molar-refractivity contribution in [1.29, 1.82) is 10.8 Å². The number of fused-ring (bicyclic) bond motifs is 3. The summed E-state index contributed by atoms with van der Waals surface area (Å²) < 4.78 is 0. The predicted octanol–water partition coefficient (Wildman–Crippen LogP) is 5.72. The molecule has 3 nitrogen and oxygen atoms in total. The van der Waals surface area contributed by atoms with Crippen LogP contribution in [-0.4, -0.2) is 11.7 Å². The van der Waals surface area contributed by atoms with Crippen LogP contribution in [0, 0.1) is 16.7 Å². The Morgan fingerprint density at radius 3 is 2.22 bits per heavy atom. The lowest BCUT2D eigenvalue weighted by atomic mass is 10.0. The number of nitrogens with one attached hydrogen (secondary N) is 2. The third-order valence-electron chi connectivity index (χ3n) is 5.09. The molecule has 134 valence electrons. The molecule has 0 aliphatic heterocycles. The minimum absolute atomic E-state index is 0.0273. The fourth-order valence-electron chi connectivity index (χ4n) is 3.64. The van der Waals surface area contributed by atoms with E-state index in [1.165, 1.54) is 22.3 Å². The lowest BCUT2D eigenvalue weighted by Crippen LogP contribution is -2.39. The van der Waals surface area contributed by atoms with Crippen molar-refractivity contribution >= 4 is 17.4 Å². The molecule has 0 saturated carbocycles. The summed E-state index contributed by atoms with van der Waals surface area (Å²) in [6.07, 6.45) is 0.904. The van der Waals surface area contributed by atoms with Gasteiger partial charge in [0.25, 0.3) is 0 Å². The Hall–Kier alpha value is -3.20. The van der Waals surface area contributed by atoms with Crippen LogP contribution in [-0.2, 0) is 6.42 Å². The fraction of sp³-hybridized carbons (Fsp3) is 0.167. The van der Waals surface area contributed by atoms with E-state index in [4.69, 9.17) is 10.8 Å². The molecule has 0 aromatic heterocycles. The average molecular weight is 353 g/mol. The highest BCUT2D eigenvalue weighted by Crippen LogP contribution is 2.38. The molecule has 27 heavy (non-hydrogen) atoms. The van der Waals surface area contributed by atoms with E-state index in [-0.39, 0.29) is 5.92 Å². The molecule has 0 radical (unpaired) electrons. The molecule has 0 atom stereocenters. The van der Waals surface area contributed by atoms with Gasteiger partial charge in [0.15, 0.2) is 0 Å². The van der Waals surface area contributed by atoms with Crippen LogP contribution in [0.25, 0.3) is 11.1 Å². The van der Waals surface area contributed by atoms with Gasteiger partial charge in [0.05, 0.1) is 0 Å². The molecular weight excluding hydrogens is 330 g/mol. The highest BCUT2D eigenvalue weighted by Gasteiger charge is 2.24. The summed E-state index contributed by atoms with van der Waals surface area (Å²) >= 11 is 0. The maximum absolute atomic E-state index is 8.76. The van der Waals surface area contributed by atoms with Gasteiger partial charge in [0, 0.05) is 17.2 Å². The number of hydrogen-bond donors (Lipinski definition) is 2.